The number of hydrazone groups is 1. The number of carbonyl (C=O) groups is 1. The average molecular weight is 482 g/mol. The predicted octanol–water partition coefficient (Wildman–Crippen LogP) is 4.69. The number of hydrogen-bond acceptors (Lipinski definition) is 4. The summed E-state index contributed by atoms with van der Waals surface area (Å²) in [6, 6.07) is 12.8. The normalized spacial score (nSPS) is 11.8. The van der Waals surface area contributed by atoms with Crippen molar-refractivity contribution in [1.29, 1.82) is 0 Å². The molecule has 0 heterocycles. The van der Waals surface area contributed by atoms with Crippen LogP contribution in [0, 0.1) is 0 Å². The molecule has 0 aromatic heterocycles. The maximum atomic E-state index is 12.2. The lowest BCUT2D eigenvalue weighted by Gasteiger charge is -2.14. The Morgan fingerprint density at radius 1 is 1.27 bits per heavy atom. The Morgan fingerprint density at radius 2 is 2.04 bits per heavy atom. The van der Waals surface area contributed by atoms with Crippen LogP contribution in [-0.4, -0.2) is 24.8 Å². The van der Waals surface area contributed by atoms with Crippen LogP contribution < -0.4 is 14.9 Å². The second-order valence-electron chi connectivity index (χ2n) is 5.21. The molecule has 0 aliphatic rings. The number of hydrogen-bond donors (Lipinski definition) is 1. The second-order valence-corrected chi connectivity index (χ2v) is 6.98. The maximum Gasteiger partial charge on any atom is 0.280 e. The first-order valence-corrected chi connectivity index (χ1v) is 9.37. The Kier molecular flexibility index (Phi) is 7.87. The molecule has 0 saturated carbocycles. The zero-order chi connectivity index (χ0) is 18.9. The number of para-hydroxylation sites is 1. The second kappa shape index (κ2) is 10.1. The zero-order valence-corrected chi connectivity index (χ0v) is 17.3. The van der Waals surface area contributed by atoms with Crippen LogP contribution in [0.5, 0.6) is 11.5 Å². The third-order valence-electron chi connectivity index (χ3n) is 3.22. The van der Waals surface area contributed by atoms with E-state index >= 15 is 0 Å². The quantitative estimate of drug-likeness (QED) is 0.338. The minimum atomic E-state index is -0.704. The molecule has 0 aliphatic heterocycles. The van der Waals surface area contributed by atoms with E-state index in [1.165, 1.54) is 6.21 Å². The minimum Gasteiger partial charge on any atom is -0.489 e. The van der Waals surface area contributed by atoms with E-state index < -0.39 is 6.10 Å². The molecular weight excluding hydrogens is 464 g/mol. The SMILES string of the molecule is C=CCOc1ccc(Br)cc1/C=N\NC(=O)[C@@H](C)Oc1ccccc1Br. The van der Waals surface area contributed by atoms with Crippen molar-refractivity contribution >= 4 is 44.0 Å². The largest absolute Gasteiger partial charge is 0.489 e. The minimum absolute atomic E-state index is 0.361. The number of carbonyl (C=O) groups excluding carboxylic acids is 1. The van der Waals surface area contributed by atoms with Crippen molar-refractivity contribution in [3.05, 3.63) is 69.6 Å². The monoisotopic (exact) mass is 480 g/mol. The van der Waals surface area contributed by atoms with Crippen molar-refractivity contribution in [2.24, 2.45) is 5.10 Å². The molecule has 1 amide bonds. The van der Waals surface area contributed by atoms with Gasteiger partial charge in [-0.2, -0.15) is 5.10 Å². The summed E-state index contributed by atoms with van der Waals surface area (Å²) < 4.78 is 12.9. The molecule has 0 saturated heterocycles. The van der Waals surface area contributed by atoms with Gasteiger partial charge in [0.2, 0.25) is 0 Å². The van der Waals surface area contributed by atoms with Gasteiger partial charge in [0.15, 0.2) is 6.10 Å². The zero-order valence-electron chi connectivity index (χ0n) is 14.1. The molecule has 2 rings (SSSR count). The van der Waals surface area contributed by atoms with Crippen molar-refractivity contribution < 1.29 is 14.3 Å². The van der Waals surface area contributed by atoms with E-state index in [0.717, 1.165) is 14.5 Å². The van der Waals surface area contributed by atoms with Crippen LogP contribution in [0.2, 0.25) is 0 Å². The highest BCUT2D eigenvalue weighted by atomic mass is 79.9. The third-order valence-corrected chi connectivity index (χ3v) is 4.36. The van der Waals surface area contributed by atoms with E-state index in [1.54, 1.807) is 19.1 Å². The lowest BCUT2D eigenvalue weighted by Crippen LogP contribution is -2.33. The Bertz CT molecular complexity index is 809. The number of benzene rings is 2. The van der Waals surface area contributed by atoms with Gasteiger partial charge in [0, 0.05) is 10.0 Å². The summed E-state index contributed by atoms with van der Waals surface area (Å²) in [5.74, 6) is 0.871. The van der Waals surface area contributed by atoms with Gasteiger partial charge in [-0.1, -0.05) is 40.7 Å². The number of halogens is 2. The molecule has 0 radical (unpaired) electrons. The summed E-state index contributed by atoms with van der Waals surface area (Å²) in [5, 5.41) is 3.99. The van der Waals surface area contributed by atoms with Gasteiger partial charge in [0.25, 0.3) is 5.91 Å². The number of rotatable bonds is 8. The highest BCUT2D eigenvalue weighted by molar-refractivity contribution is 9.10. The van der Waals surface area contributed by atoms with Gasteiger partial charge < -0.3 is 9.47 Å². The lowest BCUT2D eigenvalue weighted by molar-refractivity contribution is -0.127. The molecule has 2 aromatic carbocycles. The molecule has 0 bridgehead atoms. The Balaban J connectivity index is 1.99. The van der Waals surface area contributed by atoms with Crippen LogP contribution in [0.3, 0.4) is 0 Å². The number of ether oxygens (including phenoxy) is 2. The van der Waals surface area contributed by atoms with Crippen LogP contribution in [-0.2, 0) is 4.79 Å². The highest BCUT2D eigenvalue weighted by Crippen LogP contribution is 2.25. The van der Waals surface area contributed by atoms with Gasteiger partial charge in [-0.15, -0.1) is 0 Å². The van der Waals surface area contributed by atoms with Crippen LogP contribution in [0.4, 0.5) is 0 Å². The molecule has 2 aromatic rings. The van der Waals surface area contributed by atoms with E-state index in [-0.39, 0.29) is 5.91 Å². The van der Waals surface area contributed by atoms with E-state index in [2.05, 4.69) is 49.0 Å². The van der Waals surface area contributed by atoms with Gasteiger partial charge >= 0.3 is 0 Å². The van der Waals surface area contributed by atoms with Crippen molar-refractivity contribution in [2.45, 2.75) is 13.0 Å². The fourth-order valence-corrected chi connectivity index (χ4v) is 2.70. The number of nitrogens with zero attached hydrogens (tertiary/aromatic N) is 1. The van der Waals surface area contributed by atoms with Gasteiger partial charge in [-0.3, -0.25) is 4.79 Å². The summed E-state index contributed by atoms with van der Waals surface area (Å²) in [6.07, 6.45) is 2.47. The molecule has 0 aliphatic carbocycles. The van der Waals surface area contributed by atoms with Crippen molar-refractivity contribution in [2.75, 3.05) is 6.61 Å². The molecule has 1 atom stereocenters. The molecule has 5 nitrogen and oxygen atoms in total. The van der Waals surface area contributed by atoms with Gasteiger partial charge in [0.1, 0.15) is 18.1 Å². The Hall–Kier alpha value is -2.12. The summed E-state index contributed by atoms with van der Waals surface area (Å²) >= 11 is 6.78. The first kappa shape index (κ1) is 20.2. The molecule has 1 N–H and O–H groups in total. The van der Waals surface area contributed by atoms with Crippen molar-refractivity contribution in [3.63, 3.8) is 0 Å². The van der Waals surface area contributed by atoms with Crippen LogP contribution in [0.1, 0.15) is 12.5 Å². The Morgan fingerprint density at radius 3 is 2.77 bits per heavy atom. The van der Waals surface area contributed by atoms with E-state index in [0.29, 0.717) is 18.1 Å². The van der Waals surface area contributed by atoms with Gasteiger partial charge in [0.05, 0.1) is 10.7 Å². The molecular formula is C19H18Br2N2O3. The summed E-state index contributed by atoms with van der Waals surface area (Å²) in [4.78, 5) is 12.2. The van der Waals surface area contributed by atoms with E-state index in [4.69, 9.17) is 9.47 Å². The van der Waals surface area contributed by atoms with Crippen LogP contribution in [0.15, 0.2) is 69.2 Å². The van der Waals surface area contributed by atoms with Crippen LogP contribution >= 0.6 is 31.9 Å². The fourth-order valence-electron chi connectivity index (χ4n) is 1.94. The predicted molar refractivity (Wildman–Crippen MR) is 110 cm³/mol. The molecule has 26 heavy (non-hydrogen) atoms. The van der Waals surface area contributed by atoms with Crippen molar-refractivity contribution in [3.8, 4) is 11.5 Å². The third kappa shape index (κ3) is 6.00. The van der Waals surface area contributed by atoms with Crippen LogP contribution in [0.25, 0.3) is 0 Å². The average Bonchev–Trinajstić information content (AvgIpc) is 2.62. The molecule has 0 spiro atoms. The molecule has 0 unspecified atom stereocenters. The summed E-state index contributed by atoms with van der Waals surface area (Å²) in [5.41, 5.74) is 3.20. The molecule has 7 heteroatoms. The van der Waals surface area contributed by atoms with E-state index in [1.807, 2.05) is 36.4 Å². The van der Waals surface area contributed by atoms with Gasteiger partial charge in [-0.05, 0) is 53.2 Å². The number of amides is 1. The standard InChI is InChI=1S/C19H18Br2N2O3/c1-3-10-25-17-9-8-15(20)11-14(17)12-22-23-19(24)13(2)26-18-7-5-4-6-16(18)21/h3-9,11-13H,1,10H2,2H3,(H,23,24)/b22-12-/t13-/m1/s1. The number of nitrogens with one attached hydrogen (secondary N) is 1. The smallest absolute Gasteiger partial charge is 0.280 e. The maximum absolute atomic E-state index is 12.2. The lowest BCUT2D eigenvalue weighted by atomic mass is 10.2. The summed E-state index contributed by atoms with van der Waals surface area (Å²) in [7, 11) is 0. The Labute approximate surface area is 169 Å². The van der Waals surface area contributed by atoms with E-state index in [9.17, 15) is 4.79 Å². The molecule has 0 fully saturated rings. The van der Waals surface area contributed by atoms with Gasteiger partial charge in [-0.25, -0.2) is 5.43 Å². The fraction of sp³-hybridized carbons (Fsp3) is 0.158. The topological polar surface area (TPSA) is 59.9 Å². The molecule has 136 valence electrons. The summed E-state index contributed by atoms with van der Waals surface area (Å²) in [6.45, 7) is 5.66. The first-order valence-electron chi connectivity index (χ1n) is 7.78. The highest BCUT2D eigenvalue weighted by Gasteiger charge is 2.15. The first-order chi connectivity index (χ1) is 12.5. The van der Waals surface area contributed by atoms with Crippen molar-refractivity contribution in [1.82, 2.24) is 5.43 Å².